The average Bonchev–Trinajstić information content (AvgIpc) is 3.21. The van der Waals surface area contributed by atoms with E-state index in [1.54, 1.807) is 48.2 Å². The molecule has 7 heteroatoms. The van der Waals surface area contributed by atoms with Crippen LogP contribution in [0.15, 0.2) is 52.0 Å². The first kappa shape index (κ1) is 16.5. The molecule has 1 aliphatic rings. The lowest BCUT2D eigenvalue weighted by Crippen LogP contribution is -2.27. The van der Waals surface area contributed by atoms with E-state index >= 15 is 0 Å². The average molecular weight is 346 g/mol. The van der Waals surface area contributed by atoms with E-state index in [0.29, 0.717) is 31.0 Å². The Morgan fingerprint density at radius 3 is 2.92 bits per heavy atom. The van der Waals surface area contributed by atoms with Gasteiger partial charge in [0, 0.05) is 24.9 Å². The van der Waals surface area contributed by atoms with Gasteiger partial charge in [0.1, 0.15) is 5.76 Å². The summed E-state index contributed by atoms with van der Waals surface area (Å²) in [6.45, 7) is 2.56. The molecule has 0 aliphatic carbocycles. The van der Waals surface area contributed by atoms with Gasteiger partial charge in [-0.15, -0.1) is 0 Å². The molecule has 1 aliphatic heterocycles. The van der Waals surface area contributed by atoms with E-state index in [1.165, 1.54) is 12.3 Å². The van der Waals surface area contributed by atoms with Gasteiger partial charge >= 0.3 is 0 Å². The normalized spacial score (nSPS) is 14.3. The van der Waals surface area contributed by atoms with Gasteiger partial charge in [-0.1, -0.05) is 13.0 Å². The van der Waals surface area contributed by atoms with Crippen molar-refractivity contribution in [2.75, 3.05) is 18.0 Å². The molecule has 24 heavy (non-hydrogen) atoms. The zero-order valence-electron chi connectivity index (χ0n) is 13.2. The molecule has 0 radical (unpaired) electrons. The third kappa shape index (κ3) is 3.27. The van der Waals surface area contributed by atoms with Gasteiger partial charge in [-0.3, -0.25) is 4.79 Å². The third-order valence-corrected chi connectivity index (χ3v) is 5.34. The first-order valence-electron chi connectivity index (χ1n) is 7.67. The van der Waals surface area contributed by atoms with E-state index in [0.717, 1.165) is 5.56 Å². The number of amides is 1. The molecule has 1 aromatic heterocycles. The number of hydrogen-bond acceptors (Lipinski definition) is 4. The largest absolute Gasteiger partial charge is 0.465 e. The summed E-state index contributed by atoms with van der Waals surface area (Å²) in [4.78, 5) is 14.2. The molecule has 6 nitrogen and oxygen atoms in total. The van der Waals surface area contributed by atoms with Crippen molar-refractivity contribution in [3.8, 4) is 0 Å². The van der Waals surface area contributed by atoms with Crippen molar-refractivity contribution >= 4 is 27.7 Å². The Labute approximate surface area is 140 Å². The van der Waals surface area contributed by atoms with Crippen molar-refractivity contribution in [2.45, 2.75) is 18.2 Å². The fourth-order valence-corrected chi connectivity index (χ4v) is 3.72. The number of carbonyl (C=O) groups is 1. The highest BCUT2D eigenvalue weighted by Gasteiger charge is 2.25. The molecule has 1 N–H and O–H groups in total. The number of furan rings is 1. The molecule has 0 saturated heterocycles. The molecule has 3 rings (SSSR count). The van der Waals surface area contributed by atoms with Crippen LogP contribution in [0, 0.1) is 0 Å². The molecule has 1 aromatic carbocycles. The fourth-order valence-electron chi connectivity index (χ4n) is 2.66. The van der Waals surface area contributed by atoms with Crippen LogP contribution in [0.4, 0.5) is 5.69 Å². The van der Waals surface area contributed by atoms with Crippen LogP contribution in [0.25, 0.3) is 6.08 Å². The molecule has 1 amide bonds. The van der Waals surface area contributed by atoms with Crippen LogP contribution in [0.5, 0.6) is 0 Å². The van der Waals surface area contributed by atoms with Crippen LogP contribution in [0.3, 0.4) is 0 Å². The van der Waals surface area contributed by atoms with Gasteiger partial charge in [-0.25, -0.2) is 13.1 Å². The Kier molecular flexibility index (Phi) is 4.55. The minimum atomic E-state index is -3.55. The number of nitrogens with zero attached hydrogens (tertiary/aromatic N) is 1. The second-order valence-corrected chi connectivity index (χ2v) is 7.15. The first-order valence-corrected chi connectivity index (χ1v) is 9.15. The molecule has 0 bridgehead atoms. The van der Waals surface area contributed by atoms with E-state index in [2.05, 4.69) is 4.72 Å². The van der Waals surface area contributed by atoms with E-state index < -0.39 is 10.0 Å². The number of benzene rings is 1. The zero-order valence-corrected chi connectivity index (χ0v) is 14.0. The van der Waals surface area contributed by atoms with Crippen LogP contribution >= 0.6 is 0 Å². The minimum absolute atomic E-state index is 0.165. The molecular formula is C17H18N2O4S. The number of sulfonamides is 1. The van der Waals surface area contributed by atoms with Gasteiger partial charge in [0.15, 0.2) is 0 Å². The number of rotatable bonds is 5. The maximum Gasteiger partial charge on any atom is 0.251 e. The Morgan fingerprint density at radius 1 is 1.38 bits per heavy atom. The summed E-state index contributed by atoms with van der Waals surface area (Å²) < 4.78 is 31.9. The molecule has 0 spiro atoms. The van der Waals surface area contributed by atoms with E-state index in [9.17, 15) is 13.2 Å². The Morgan fingerprint density at radius 2 is 2.21 bits per heavy atom. The summed E-state index contributed by atoms with van der Waals surface area (Å²) >= 11 is 0. The Bertz CT molecular complexity index is 870. The minimum Gasteiger partial charge on any atom is -0.465 e. The van der Waals surface area contributed by atoms with Crippen molar-refractivity contribution in [3.63, 3.8) is 0 Å². The van der Waals surface area contributed by atoms with Crippen molar-refractivity contribution < 1.29 is 17.6 Å². The number of carbonyl (C=O) groups excluding carboxylic acids is 1. The Hall–Kier alpha value is -2.38. The second kappa shape index (κ2) is 6.62. The Balaban J connectivity index is 1.86. The molecule has 126 valence electrons. The molecular weight excluding hydrogens is 328 g/mol. The summed E-state index contributed by atoms with van der Waals surface area (Å²) in [5.41, 5.74) is 1.60. The lowest BCUT2D eigenvalue weighted by Gasteiger charge is -2.16. The lowest BCUT2D eigenvalue weighted by atomic mass is 10.2. The third-order valence-electron chi connectivity index (χ3n) is 3.80. The van der Waals surface area contributed by atoms with Crippen LogP contribution in [0.2, 0.25) is 0 Å². The summed E-state index contributed by atoms with van der Waals surface area (Å²) in [7, 11) is -3.55. The van der Waals surface area contributed by atoms with E-state index in [1.807, 2.05) is 0 Å². The predicted molar refractivity (Wildman–Crippen MR) is 91.1 cm³/mol. The van der Waals surface area contributed by atoms with Gasteiger partial charge in [-0.05, 0) is 42.3 Å². The maximum absolute atomic E-state index is 12.4. The molecule has 0 saturated carbocycles. The summed E-state index contributed by atoms with van der Waals surface area (Å²) in [6, 6.07) is 8.39. The fraction of sp³-hybridized carbons (Fsp3) is 0.235. The smallest absolute Gasteiger partial charge is 0.251 e. The highest BCUT2D eigenvalue weighted by molar-refractivity contribution is 7.89. The van der Waals surface area contributed by atoms with Crippen molar-refractivity contribution in [1.29, 1.82) is 0 Å². The molecule has 2 heterocycles. The monoisotopic (exact) mass is 346 g/mol. The second-order valence-electron chi connectivity index (χ2n) is 5.38. The van der Waals surface area contributed by atoms with Crippen molar-refractivity contribution in [2.24, 2.45) is 0 Å². The molecule has 0 fully saturated rings. The zero-order chi connectivity index (χ0) is 17.2. The number of hydrogen-bond donors (Lipinski definition) is 1. The van der Waals surface area contributed by atoms with Crippen LogP contribution in [0.1, 0.15) is 18.2 Å². The van der Waals surface area contributed by atoms with Crippen molar-refractivity contribution in [3.05, 3.63) is 54.0 Å². The molecule has 0 unspecified atom stereocenters. The van der Waals surface area contributed by atoms with Gasteiger partial charge < -0.3 is 9.32 Å². The number of fused-ring (bicyclic) bond motifs is 1. The summed E-state index contributed by atoms with van der Waals surface area (Å²) in [5, 5.41) is 0. The highest BCUT2D eigenvalue weighted by atomic mass is 32.2. The molecule has 0 atom stereocenters. The standard InChI is InChI=1S/C17H18N2O4S/c1-2-18-24(21,22)15-7-5-13-9-10-19(16(13)12-15)17(20)8-6-14-4-3-11-23-14/h3-8,11-12,18H,2,9-10H2,1H3. The quantitative estimate of drug-likeness (QED) is 0.842. The van der Waals surface area contributed by atoms with E-state index in [4.69, 9.17) is 4.42 Å². The van der Waals surface area contributed by atoms with Crippen LogP contribution in [-0.2, 0) is 21.2 Å². The van der Waals surface area contributed by atoms with Gasteiger partial charge in [0.25, 0.3) is 5.91 Å². The van der Waals surface area contributed by atoms with Gasteiger partial charge in [0.05, 0.1) is 11.2 Å². The maximum atomic E-state index is 12.4. The van der Waals surface area contributed by atoms with Crippen LogP contribution < -0.4 is 9.62 Å². The lowest BCUT2D eigenvalue weighted by molar-refractivity contribution is -0.114. The van der Waals surface area contributed by atoms with Gasteiger partial charge in [-0.2, -0.15) is 0 Å². The van der Waals surface area contributed by atoms with Crippen molar-refractivity contribution in [1.82, 2.24) is 4.72 Å². The SMILES string of the molecule is CCNS(=O)(=O)c1ccc2c(c1)N(C(=O)C=Cc1ccco1)CC2. The van der Waals surface area contributed by atoms with E-state index in [-0.39, 0.29) is 10.8 Å². The predicted octanol–water partition coefficient (Wildman–Crippen LogP) is 2.18. The topological polar surface area (TPSA) is 79.6 Å². The number of anilines is 1. The highest BCUT2D eigenvalue weighted by Crippen LogP contribution is 2.30. The molecule has 2 aromatic rings. The summed E-state index contributed by atoms with van der Waals surface area (Å²) in [6.07, 6.45) is 5.27. The summed E-state index contributed by atoms with van der Waals surface area (Å²) in [5.74, 6) is 0.384. The van der Waals surface area contributed by atoms with Crippen LogP contribution in [-0.4, -0.2) is 27.4 Å². The number of nitrogens with one attached hydrogen (secondary N) is 1. The first-order chi connectivity index (χ1) is 11.5. The van der Waals surface area contributed by atoms with Gasteiger partial charge in [0.2, 0.25) is 10.0 Å².